The number of carbonyl (C=O) groups excluding carboxylic acids is 3. The number of unbranched alkanes of at least 4 members (excludes halogenated alkanes) is 2. The first-order valence-corrected chi connectivity index (χ1v) is 17.7. The van der Waals surface area contributed by atoms with Crippen LogP contribution in [0.1, 0.15) is 66.7 Å². The third-order valence-electron chi connectivity index (χ3n) is 10.2. The Morgan fingerprint density at radius 2 is 1.29 bits per heavy atom. The van der Waals surface area contributed by atoms with Crippen molar-refractivity contribution >= 4 is 17.8 Å². The number of hydrogen-bond acceptors (Lipinski definition) is 5. The molecule has 254 valence electrons. The van der Waals surface area contributed by atoms with Crippen molar-refractivity contribution in [2.45, 2.75) is 69.1 Å². The highest BCUT2D eigenvalue weighted by atomic mass is 16.5. The van der Waals surface area contributed by atoms with Crippen LogP contribution in [0.3, 0.4) is 0 Å². The zero-order chi connectivity index (χ0) is 33.9. The van der Waals surface area contributed by atoms with E-state index in [0.29, 0.717) is 19.4 Å². The summed E-state index contributed by atoms with van der Waals surface area (Å²) in [6.07, 6.45) is 5.40. The van der Waals surface area contributed by atoms with Crippen LogP contribution in [-0.4, -0.2) is 65.3 Å². The standard InChI is InChI=1S/C42H47N3O4/c46-39(49-32-34-19-8-2-9-20-34)30-38-40(47)45(31-37(35-21-11-3-12-22-35)36-23-13-4-14-24-36)42(41(48)43-38)25-28-44(29-26-42)27-15-5-10-18-33-16-6-1-7-17-33/h1-4,6-9,11-14,16-17,19-24,37-38H,5,10,15,18,25-32H2,(H,43,48). The molecule has 1 spiro atoms. The molecule has 49 heavy (non-hydrogen) atoms. The predicted octanol–water partition coefficient (Wildman–Crippen LogP) is 6.53. The van der Waals surface area contributed by atoms with E-state index in [4.69, 9.17) is 4.74 Å². The Balaban J connectivity index is 1.16. The minimum Gasteiger partial charge on any atom is -0.461 e. The lowest BCUT2D eigenvalue weighted by Crippen LogP contribution is -2.73. The number of esters is 1. The molecular weight excluding hydrogens is 610 g/mol. The SMILES string of the molecule is O=C(CC1NC(=O)C2(CCN(CCCCCc3ccccc3)CC2)N(CC(c2ccccc2)c2ccccc2)C1=O)OCc1ccccc1. The number of nitrogens with zero attached hydrogens (tertiary/aromatic N) is 2. The quantitative estimate of drug-likeness (QED) is 0.123. The number of carbonyl (C=O) groups is 3. The summed E-state index contributed by atoms with van der Waals surface area (Å²) in [6.45, 7) is 2.92. The van der Waals surface area contributed by atoms with Crippen LogP contribution in [0.2, 0.25) is 0 Å². The van der Waals surface area contributed by atoms with Gasteiger partial charge in [0.15, 0.2) is 0 Å². The van der Waals surface area contributed by atoms with Crippen molar-refractivity contribution in [3.05, 3.63) is 144 Å². The fourth-order valence-electron chi connectivity index (χ4n) is 7.33. The van der Waals surface area contributed by atoms with Gasteiger partial charge in [0.2, 0.25) is 11.8 Å². The minimum absolute atomic E-state index is 0.119. The van der Waals surface area contributed by atoms with E-state index in [9.17, 15) is 14.4 Å². The minimum atomic E-state index is -0.979. The number of nitrogens with one attached hydrogen (secondary N) is 1. The second-order valence-corrected chi connectivity index (χ2v) is 13.4. The number of rotatable bonds is 14. The van der Waals surface area contributed by atoms with E-state index >= 15 is 0 Å². The van der Waals surface area contributed by atoms with E-state index in [-0.39, 0.29) is 30.8 Å². The van der Waals surface area contributed by atoms with Gasteiger partial charge in [0.1, 0.15) is 18.2 Å². The van der Waals surface area contributed by atoms with E-state index in [1.807, 2.05) is 71.6 Å². The average Bonchev–Trinajstić information content (AvgIpc) is 3.15. The number of aryl methyl sites for hydroxylation is 1. The number of amides is 2. The van der Waals surface area contributed by atoms with Gasteiger partial charge in [-0.3, -0.25) is 14.4 Å². The van der Waals surface area contributed by atoms with Crippen molar-refractivity contribution in [1.82, 2.24) is 15.1 Å². The highest BCUT2D eigenvalue weighted by molar-refractivity contribution is 6.01. The maximum Gasteiger partial charge on any atom is 0.308 e. The van der Waals surface area contributed by atoms with Gasteiger partial charge < -0.3 is 19.9 Å². The molecule has 0 aliphatic carbocycles. The molecule has 2 saturated heterocycles. The highest BCUT2D eigenvalue weighted by Crippen LogP contribution is 2.37. The van der Waals surface area contributed by atoms with E-state index in [1.54, 1.807) is 0 Å². The average molecular weight is 658 g/mol. The third kappa shape index (κ3) is 8.65. The number of ether oxygens (including phenoxy) is 1. The Hall–Kier alpha value is -4.75. The van der Waals surface area contributed by atoms with Gasteiger partial charge in [-0.05, 0) is 60.9 Å². The van der Waals surface area contributed by atoms with Crippen molar-refractivity contribution in [2.24, 2.45) is 0 Å². The molecule has 4 aromatic carbocycles. The van der Waals surface area contributed by atoms with E-state index in [1.165, 1.54) is 5.56 Å². The Bertz CT molecular complexity index is 1600. The molecule has 7 nitrogen and oxygen atoms in total. The lowest BCUT2D eigenvalue weighted by molar-refractivity contribution is -0.164. The predicted molar refractivity (Wildman–Crippen MR) is 192 cm³/mol. The topological polar surface area (TPSA) is 79.0 Å². The van der Waals surface area contributed by atoms with Gasteiger partial charge in [-0.15, -0.1) is 0 Å². The van der Waals surface area contributed by atoms with Gasteiger partial charge in [-0.25, -0.2) is 0 Å². The van der Waals surface area contributed by atoms with Crippen LogP contribution in [0.4, 0.5) is 0 Å². The first-order valence-electron chi connectivity index (χ1n) is 17.7. The van der Waals surface area contributed by atoms with Gasteiger partial charge in [0.25, 0.3) is 0 Å². The number of piperazine rings is 1. The molecule has 6 rings (SSSR count). The van der Waals surface area contributed by atoms with Crippen LogP contribution in [0.15, 0.2) is 121 Å². The fourth-order valence-corrected chi connectivity index (χ4v) is 7.33. The van der Waals surface area contributed by atoms with Gasteiger partial charge >= 0.3 is 5.97 Å². The third-order valence-corrected chi connectivity index (χ3v) is 10.2. The van der Waals surface area contributed by atoms with Crippen LogP contribution >= 0.6 is 0 Å². The Labute approximate surface area is 290 Å². The van der Waals surface area contributed by atoms with E-state index < -0.39 is 17.6 Å². The summed E-state index contributed by atoms with van der Waals surface area (Å²) in [7, 11) is 0. The monoisotopic (exact) mass is 657 g/mol. The molecule has 1 atom stereocenters. The molecule has 0 aromatic heterocycles. The summed E-state index contributed by atoms with van der Waals surface area (Å²) in [5.74, 6) is -1.04. The first-order chi connectivity index (χ1) is 24.0. The lowest BCUT2D eigenvalue weighted by atomic mass is 9.79. The number of piperidine rings is 1. The Morgan fingerprint density at radius 3 is 1.88 bits per heavy atom. The van der Waals surface area contributed by atoms with Crippen LogP contribution in [0, 0.1) is 0 Å². The van der Waals surface area contributed by atoms with Gasteiger partial charge in [-0.1, -0.05) is 128 Å². The molecule has 2 amide bonds. The summed E-state index contributed by atoms with van der Waals surface area (Å²) in [4.78, 5) is 46.0. The molecule has 4 aromatic rings. The second kappa shape index (κ2) is 16.6. The molecule has 2 heterocycles. The number of benzene rings is 4. The fraction of sp³-hybridized carbons (Fsp3) is 0.357. The highest BCUT2D eigenvalue weighted by Gasteiger charge is 2.54. The van der Waals surface area contributed by atoms with Crippen molar-refractivity contribution in [1.29, 1.82) is 0 Å². The maximum absolute atomic E-state index is 14.5. The Kier molecular flexibility index (Phi) is 11.5. The summed E-state index contributed by atoms with van der Waals surface area (Å²) in [6, 6.07) is 39.4. The zero-order valence-electron chi connectivity index (χ0n) is 28.2. The van der Waals surface area contributed by atoms with Crippen molar-refractivity contribution in [3.63, 3.8) is 0 Å². The van der Waals surface area contributed by atoms with Crippen LogP contribution in [0.5, 0.6) is 0 Å². The molecule has 1 N–H and O–H groups in total. The van der Waals surface area contributed by atoms with Gasteiger partial charge in [0, 0.05) is 25.6 Å². The summed E-state index contributed by atoms with van der Waals surface area (Å²) >= 11 is 0. The molecule has 2 fully saturated rings. The number of hydrogen-bond donors (Lipinski definition) is 1. The second-order valence-electron chi connectivity index (χ2n) is 13.4. The van der Waals surface area contributed by atoms with Crippen LogP contribution in [-0.2, 0) is 32.1 Å². The summed E-state index contributed by atoms with van der Waals surface area (Å²) in [5, 5.41) is 2.98. The van der Waals surface area contributed by atoms with Crippen molar-refractivity contribution in [2.75, 3.05) is 26.2 Å². The molecule has 0 saturated carbocycles. The number of likely N-dealkylation sites (tertiary alicyclic amines) is 1. The maximum atomic E-state index is 14.5. The van der Waals surface area contributed by atoms with E-state index in [2.05, 4.69) is 64.8 Å². The first kappa shape index (κ1) is 34.1. The van der Waals surface area contributed by atoms with Crippen LogP contribution < -0.4 is 5.32 Å². The molecular formula is C42H47N3O4. The largest absolute Gasteiger partial charge is 0.461 e. The van der Waals surface area contributed by atoms with E-state index in [0.717, 1.165) is 62.0 Å². The molecule has 2 aliphatic rings. The van der Waals surface area contributed by atoms with Crippen molar-refractivity contribution in [3.8, 4) is 0 Å². The summed E-state index contributed by atoms with van der Waals surface area (Å²) < 4.78 is 5.53. The molecule has 0 radical (unpaired) electrons. The normalized spacial score (nSPS) is 17.7. The lowest BCUT2D eigenvalue weighted by Gasteiger charge is -2.52. The van der Waals surface area contributed by atoms with Crippen LogP contribution in [0.25, 0.3) is 0 Å². The zero-order valence-corrected chi connectivity index (χ0v) is 28.2. The smallest absolute Gasteiger partial charge is 0.308 e. The molecule has 1 unspecified atom stereocenters. The van der Waals surface area contributed by atoms with Gasteiger partial charge in [0.05, 0.1) is 6.42 Å². The molecule has 7 heteroatoms. The Morgan fingerprint density at radius 1 is 0.735 bits per heavy atom. The van der Waals surface area contributed by atoms with Crippen molar-refractivity contribution < 1.29 is 19.1 Å². The van der Waals surface area contributed by atoms with Gasteiger partial charge in [-0.2, -0.15) is 0 Å². The molecule has 2 aliphatic heterocycles. The molecule has 0 bridgehead atoms. The summed E-state index contributed by atoms with van der Waals surface area (Å²) in [5.41, 5.74) is 3.42.